The minimum atomic E-state index is -0.259. The molecular formula is C20H16N4O3. The predicted octanol–water partition coefficient (Wildman–Crippen LogP) is 3.16. The van der Waals surface area contributed by atoms with Crippen molar-refractivity contribution in [2.45, 2.75) is 0 Å². The van der Waals surface area contributed by atoms with E-state index >= 15 is 0 Å². The van der Waals surface area contributed by atoms with Crippen molar-refractivity contribution in [3.8, 4) is 5.75 Å². The molecule has 0 aliphatic carbocycles. The van der Waals surface area contributed by atoms with E-state index in [2.05, 4.69) is 20.6 Å². The number of ether oxygens (including phenoxy) is 1. The van der Waals surface area contributed by atoms with Gasteiger partial charge >= 0.3 is 0 Å². The first-order chi connectivity index (χ1) is 13.1. The second-order valence-corrected chi connectivity index (χ2v) is 5.97. The minimum absolute atomic E-state index is 0.198. The summed E-state index contributed by atoms with van der Waals surface area (Å²) in [5.41, 5.74) is 3.72. The lowest BCUT2D eigenvalue weighted by Gasteiger charge is -2.08. The van der Waals surface area contributed by atoms with E-state index in [4.69, 9.17) is 4.74 Å². The lowest BCUT2D eigenvalue weighted by molar-refractivity contribution is -0.110. The molecule has 2 amide bonds. The molecule has 0 saturated heterocycles. The number of rotatable bonds is 4. The van der Waals surface area contributed by atoms with Crippen molar-refractivity contribution in [2.24, 2.45) is 0 Å². The molecule has 0 fully saturated rings. The molecular weight excluding hydrogens is 344 g/mol. The summed E-state index contributed by atoms with van der Waals surface area (Å²) in [5.74, 6) is 0.150. The van der Waals surface area contributed by atoms with Crippen molar-refractivity contribution in [1.82, 2.24) is 9.97 Å². The molecule has 1 aliphatic heterocycles. The van der Waals surface area contributed by atoms with E-state index in [1.165, 1.54) is 0 Å². The highest BCUT2D eigenvalue weighted by molar-refractivity contribution is 6.35. The molecule has 2 aromatic carbocycles. The average molecular weight is 360 g/mol. The molecule has 2 heterocycles. The summed E-state index contributed by atoms with van der Waals surface area (Å²) in [7, 11) is 1.55. The quantitative estimate of drug-likeness (QED) is 0.623. The molecule has 0 spiro atoms. The number of carbonyl (C=O) groups excluding carboxylic acids is 2. The van der Waals surface area contributed by atoms with Gasteiger partial charge in [-0.05, 0) is 42.5 Å². The SMILES string of the molecule is COc1cccc(C(=O)Nc2ccc3c(c2)/C(=C/c2cnc[nH]2)C(=O)N3)c1. The summed E-state index contributed by atoms with van der Waals surface area (Å²) in [6.45, 7) is 0. The highest BCUT2D eigenvalue weighted by Gasteiger charge is 2.24. The predicted molar refractivity (Wildman–Crippen MR) is 102 cm³/mol. The van der Waals surface area contributed by atoms with Gasteiger partial charge in [0.15, 0.2) is 0 Å². The molecule has 7 heteroatoms. The summed E-state index contributed by atoms with van der Waals surface area (Å²) in [6.07, 6.45) is 4.90. The van der Waals surface area contributed by atoms with Crippen molar-refractivity contribution in [1.29, 1.82) is 0 Å². The zero-order valence-corrected chi connectivity index (χ0v) is 14.4. The van der Waals surface area contributed by atoms with Gasteiger partial charge in [-0.1, -0.05) is 6.07 Å². The summed E-state index contributed by atoms with van der Waals surface area (Å²) >= 11 is 0. The van der Waals surface area contributed by atoms with Gasteiger partial charge in [0, 0.05) is 22.5 Å². The molecule has 0 unspecified atom stereocenters. The molecule has 7 nitrogen and oxygen atoms in total. The summed E-state index contributed by atoms with van der Waals surface area (Å²) in [4.78, 5) is 31.7. The van der Waals surface area contributed by atoms with Gasteiger partial charge in [-0.2, -0.15) is 0 Å². The van der Waals surface area contributed by atoms with Crippen LogP contribution in [0.2, 0.25) is 0 Å². The standard InChI is InChI=1S/C20H16N4O3/c1-27-15-4-2-3-12(7-15)19(25)23-13-5-6-18-16(8-13)17(20(26)24-18)9-14-10-21-11-22-14/h2-11H,1H3,(H,21,22)(H,23,25)(H,24,26)/b17-9-. The van der Waals surface area contributed by atoms with Crippen LogP contribution in [0.15, 0.2) is 55.0 Å². The van der Waals surface area contributed by atoms with E-state index in [0.29, 0.717) is 28.3 Å². The van der Waals surface area contributed by atoms with Gasteiger partial charge in [0.25, 0.3) is 11.8 Å². The highest BCUT2D eigenvalue weighted by atomic mass is 16.5. The van der Waals surface area contributed by atoms with Crippen LogP contribution in [-0.2, 0) is 4.79 Å². The largest absolute Gasteiger partial charge is 0.497 e. The highest BCUT2D eigenvalue weighted by Crippen LogP contribution is 2.35. The third-order valence-electron chi connectivity index (χ3n) is 4.21. The molecule has 0 atom stereocenters. The number of amides is 2. The molecule has 27 heavy (non-hydrogen) atoms. The summed E-state index contributed by atoms with van der Waals surface area (Å²) in [5, 5.41) is 5.67. The third kappa shape index (κ3) is 3.30. The monoisotopic (exact) mass is 360 g/mol. The van der Waals surface area contributed by atoms with Crippen LogP contribution in [0.5, 0.6) is 5.75 Å². The molecule has 0 bridgehead atoms. The number of hydrogen-bond donors (Lipinski definition) is 3. The Bertz CT molecular complexity index is 1050. The van der Waals surface area contributed by atoms with Crippen LogP contribution in [0.4, 0.5) is 11.4 Å². The summed E-state index contributed by atoms with van der Waals surface area (Å²) < 4.78 is 5.15. The lowest BCUT2D eigenvalue weighted by atomic mass is 10.1. The van der Waals surface area contributed by atoms with Crippen LogP contribution < -0.4 is 15.4 Å². The Morgan fingerprint density at radius 2 is 2.11 bits per heavy atom. The number of fused-ring (bicyclic) bond motifs is 1. The number of nitrogens with one attached hydrogen (secondary N) is 3. The maximum absolute atomic E-state index is 12.5. The number of imidazole rings is 1. The zero-order valence-electron chi connectivity index (χ0n) is 14.4. The van der Waals surface area contributed by atoms with Gasteiger partial charge in [-0.25, -0.2) is 4.98 Å². The molecule has 3 aromatic rings. The van der Waals surface area contributed by atoms with Gasteiger partial charge in [0.05, 0.1) is 30.9 Å². The number of aromatic nitrogens is 2. The minimum Gasteiger partial charge on any atom is -0.497 e. The fourth-order valence-electron chi connectivity index (χ4n) is 2.88. The first-order valence-electron chi connectivity index (χ1n) is 8.25. The van der Waals surface area contributed by atoms with E-state index in [0.717, 1.165) is 11.3 Å². The normalized spacial score (nSPS) is 14.0. The van der Waals surface area contributed by atoms with Gasteiger partial charge in [0.1, 0.15) is 5.75 Å². The van der Waals surface area contributed by atoms with Crippen molar-refractivity contribution in [3.63, 3.8) is 0 Å². The van der Waals surface area contributed by atoms with Crippen LogP contribution in [0, 0.1) is 0 Å². The number of aromatic amines is 1. The molecule has 4 rings (SSSR count). The maximum atomic E-state index is 12.5. The smallest absolute Gasteiger partial charge is 0.256 e. The lowest BCUT2D eigenvalue weighted by Crippen LogP contribution is -2.12. The second kappa shape index (κ2) is 6.80. The van der Waals surface area contributed by atoms with Crippen LogP contribution >= 0.6 is 0 Å². The third-order valence-corrected chi connectivity index (χ3v) is 4.21. The van der Waals surface area contributed by atoms with E-state index in [-0.39, 0.29) is 11.8 Å². The van der Waals surface area contributed by atoms with Crippen molar-refractivity contribution < 1.29 is 14.3 Å². The topological polar surface area (TPSA) is 96.1 Å². The molecule has 1 aliphatic rings. The summed E-state index contributed by atoms with van der Waals surface area (Å²) in [6, 6.07) is 12.2. The Hall–Kier alpha value is -3.87. The Labute approximate surface area is 155 Å². The average Bonchev–Trinajstić information content (AvgIpc) is 3.30. The molecule has 0 saturated carbocycles. The van der Waals surface area contributed by atoms with Crippen LogP contribution in [0.3, 0.4) is 0 Å². The van der Waals surface area contributed by atoms with Crippen LogP contribution in [0.1, 0.15) is 21.6 Å². The fourth-order valence-corrected chi connectivity index (χ4v) is 2.88. The fraction of sp³-hybridized carbons (Fsp3) is 0.0500. The first-order valence-corrected chi connectivity index (χ1v) is 8.25. The molecule has 3 N–H and O–H groups in total. The number of anilines is 2. The number of methoxy groups -OCH3 is 1. The van der Waals surface area contributed by atoms with E-state index in [1.807, 2.05) is 0 Å². The number of carbonyl (C=O) groups is 2. The van der Waals surface area contributed by atoms with E-state index in [1.54, 1.807) is 68.2 Å². The van der Waals surface area contributed by atoms with E-state index in [9.17, 15) is 9.59 Å². The Kier molecular flexibility index (Phi) is 4.18. The Morgan fingerprint density at radius 3 is 2.89 bits per heavy atom. The first kappa shape index (κ1) is 16.6. The van der Waals surface area contributed by atoms with Crippen molar-refractivity contribution >= 4 is 34.8 Å². The van der Waals surface area contributed by atoms with E-state index < -0.39 is 0 Å². The number of H-pyrrole nitrogens is 1. The van der Waals surface area contributed by atoms with Gasteiger partial charge in [0.2, 0.25) is 0 Å². The van der Waals surface area contributed by atoms with Crippen molar-refractivity contribution in [3.05, 3.63) is 71.8 Å². The number of benzene rings is 2. The Morgan fingerprint density at radius 1 is 1.22 bits per heavy atom. The Balaban J connectivity index is 1.62. The number of nitrogens with zero attached hydrogens (tertiary/aromatic N) is 1. The van der Waals surface area contributed by atoms with Gasteiger partial charge in [-0.15, -0.1) is 0 Å². The van der Waals surface area contributed by atoms with Crippen LogP contribution in [0.25, 0.3) is 11.6 Å². The zero-order chi connectivity index (χ0) is 18.8. The van der Waals surface area contributed by atoms with Crippen LogP contribution in [-0.4, -0.2) is 28.9 Å². The molecule has 0 radical (unpaired) electrons. The van der Waals surface area contributed by atoms with Gasteiger partial charge in [-0.3, -0.25) is 9.59 Å². The van der Waals surface area contributed by atoms with Gasteiger partial charge < -0.3 is 20.4 Å². The van der Waals surface area contributed by atoms with Crippen molar-refractivity contribution in [2.75, 3.05) is 17.7 Å². The number of hydrogen-bond acceptors (Lipinski definition) is 4. The maximum Gasteiger partial charge on any atom is 0.256 e. The second-order valence-electron chi connectivity index (χ2n) is 5.97. The molecule has 1 aromatic heterocycles. The molecule has 134 valence electrons.